The van der Waals surface area contributed by atoms with Gasteiger partial charge in [0.1, 0.15) is 0 Å². The van der Waals surface area contributed by atoms with Gasteiger partial charge in [-0.15, -0.1) is 0 Å². The molecule has 0 unspecified atom stereocenters. The summed E-state index contributed by atoms with van der Waals surface area (Å²) in [7, 11) is 0. The SMILES string of the molecule is CCc1ccccc1NC(=O)CCNc1c(C)cccc1CC. The van der Waals surface area contributed by atoms with Crippen LogP contribution >= 0.6 is 0 Å². The van der Waals surface area contributed by atoms with E-state index >= 15 is 0 Å². The Morgan fingerprint density at radius 1 is 0.957 bits per heavy atom. The van der Waals surface area contributed by atoms with Crippen LogP contribution in [0.3, 0.4) is 0 Å². The van der Waals surface area contributed by atoms with E-state index in [0.29, 0.717) is 13.0 Å². The summed E-state index contributed by atoms with van der Waals surface area (Å²) in [6.07, 6.45) is 2.35. The third kappa shape index (κ3) is 4.59. The van der Waals surface area contributed by atoms with Crippen molar-refractivity contribution in [2.45, 2.75) is 40.0 Å². The Balaban J connectivity index is 1.91. The number of nitrogens with one attached hydrogen (secondary N) is 2. The summed E-state index contributed by atoms with van der Waals surface area (Å²) in [5.41, 5.74) is 5.77. The summed E-state index contributed by atoms with van der Waals surface area (Å²) in [5, 5.41) is 6.43. The molecule has 2 aromatic carbocycles. The molecule has 0 bridgehead atoms. The Morgan fingerprint density at radius 3 is 2.39 bits per heavy atom. The molecule has 0 aliphatic heterocycles. The molecule has 0 atom stereocenters. The minimum atomic E-state index is 0.0463. The summed E-state index contributed by atoms with van der Waals surface area (Å²) in [6.45, 7) is 6.97. The van der Waals surface area contributed by atoms with Crippen molar-refractivity contribution >= 4 is 17.3 Å². The second kappa shape index (κ2) is 8.37. The number of hydrogen-bond acceptors (Lipinski definition) is 2. The number of para-hydroxylation sites is 2. The van der Waals surface area contributed by atoms with Crippen molar-refractivity contribution in [3.63, 3.8) is 0 Å². The molecule has 0 aromatic heterocycles. The van der Waals surface area contributed by atoms with Gasteiger partial charge in [-0.1, -0.05) is 50.2 Å². The molecule has 2 rings (SSSR count). The number of carbonyl (C=O) groups excluding carboxylic acids is 1. The molecule has 0 fully saturated rings. The van der Waals surface area contributed by atoms with Crippen molar-refractivity contribution in [3.05, 3.63) is 59.2 Å². The van der Waals surface area contributed by atoms with E-state index in [1.165, 1.54) is 16.7 Å². The molecule has 0 heterocycles. The lowest BCUT2D eigenvalue weighted by Crippen LogP contribution is -2.17. The highest BCUT2D eigenvalue weighted by Gasteiger charge is 2.07. The first-order chi connectivity index (χ1) is 11.2. The zero-order valence-corrected chi connectivity index (χ0v) is 14.3. The fraction of sp³-hybridized carbons (Fsp3) is 0.350. The topological polar surface area (TPSA) is 41.1 Å². The fourth-order valence-electron chi connectivity index (χ4n) is 2.74. The predicted molar refractivity (Wildman–Crippen MR) is 98.1 cm³/mol. The zero-order chi connectivity index (χ0) is 16.7. The van der Waals surface area contributed by atoms with Crippen LogP contribution in [0.1, 0.15) is 37.0 Å². The number of anilines is 2. The van der Waals surface area contributed by atoms with Gasteiger partial charge in [0.2, 0.25) is 5.91 Å². The van der Waals surface area contributed by atoms with Crippen LogP contribution < -0.4 is 10.6 Å². The van der Waals surface area contributed by atoms with Gasteiger partial charge in [0.05, 0.1) is 0 Å². The van der Waals surface area contributed by atoms with Gasteiger partial charge >= 0.3 is 0 Å². The first-order valence-electron chi connectivity index (χ1n) is 8.35. The van der Waals surface area contributed by atoms with Crippen LogP contribution in [0.5, 0.6) is 0 Å². The first-order valence-corrected chi connectivity index (χ1v) is 8.35. The highest BCUT2D eigenvalue weighted by molar-refractivity contribution is 5.91. The number of hydrogen-bond donors (Lipinski definition) is 2. The maximum absolute atomic E-state index is 12.2. The number of carbonyl (C=O) groups is 1. The summed E-state index contributed by atoms with van der Waals surface area (Å²) < 4.78 is 0. The number of aryl methyl sites for hydroxylation is 3. The molecule has 122 valence electrons. The minimum absolute atomic E-state index is 0.0463. The summed E-state index contributed by atoms with van der Waals surface area (Å²) in [6, 6.07) is 14.3. The second-order valence-electron chi connectivity index (χ2n) is 5.70. The van der Waals surface area contributed by atoms with Crippen LogP contribution in [0.4, 0.5) is 11.4 Å². The smallest absolute Gasteiger partial charge is 0.226 e. The lowest BCUT2D eigenvalue weighted by molar-refractivity contribution is -0.115. The van der Waals surface area contributed by atoms with Crippen LogP contribution in [-0.2, 0) is 17.6 Å². The molecular weight excluding hydrogens is 284 g/mol. The maximum Gasteiger partial charge on any atom is 0.226 e. The highest BCUT2D eigenvalue weighted by Crippen LogP contribution is 2.21. The summed E-state index contributed by atoms with van der Waals surface area (Å²) in [5.74, 6) is 0.0463. The van der Waals surface area contributed by atoms with Crippen molar-refractivity contribution in [2.24, 2.45) is 0 Å². The van der Waals surface area contributed by atoms with E-state index in [-0.39, 0.29) is 5.91 Å². The van der Waals surface area contributed by atoms with E-state index in [0.717, 1.165) is 24.2 Å². The van der Waals surface area contributed by atoms with E-state index < -0.39 is 0 Å². The van der Waals surface area contributed by atoms with Crippen molar-refractivity contribution in [2.75, 3.05) is 17.2 Å². The van der Waals surface area contributed by atoms with E-state index in [1.54, 1.807) is 0 Å². The van der Waals surface area contributed by atoms with Crippen LogP contribution in [-0.4, -0.2) is 12.5 Å². The van der Waals surface area contributed by atoms with E-state index in [9.17, 15) is 4.79 Å². The standard InChI is InChI=1S/C20H26N2O/c1-4-16-10-6-7-12-18(16)22-19(23)13-14-21-20-15(3)9-8-11-17(20)5-2/h6-12,21H,4-5,13-14H2,1-3H3,(H,22,23). The average molecular weight is 310 g/mol. The Kier molecular flexibility index (Phi) is 6.21. The molecule has 3 nitrogen and oxygen atoms in total. The molecule has 2 aromatic rings. The Bertz CT molecular complexity index is 664. The first kappa shape index (κ1) is 17.1. The highest BCUT2D eigenvalue weighted by atomic mass is 16.1. The number of amides is 1. The van der Waals surface area contributed by atoms with Gasteiger partial charge in [0.15, 0.2) is 0 Å². The summed E-state index contributed by atoms with van der Waals surface area (Å²) in [4.78, 5) is 12.2. The van der Waals surface area contributed by atoms with E-state index in [4.69, 9.17) is 0 Å². The largest absolute Gasteiger partial charge is 0.384 e. The van der Waals surface area contributed by atoms with Crippen LogP contribution in [0.25, 0.3) is 0 Å². The molecule has 1 amide bonds. The van der Waals surface area contributed by atoms with Crippen molar-refractivity contribution in [3.8, 4) is 0 Å². The Morgan fingerprint density at radius 2 is 1.65 bits per heavy atom. The monoisotopic (exact) mass is 310 g/mol. The van der Waals surface area contributed by atoms with Crippen LogP contribution in [0.15, 0.2) is 42.5 Å². The Hall–Kier alpha value is -2.29. The molecule has 23 heavy (non-hydrogen) atoms. The second-order valence-corrected chi connectivity index (χ2v) is 5.70. The van der Waals surface area contributed by atoms with Gasteiger partial charge in [-0.05, 0) is 42.5 Å². The van der Waals surface area contributed by atoms with Crippen LogP contribution in [0.2, 0.25) is 0 Å². The number of benzene rings is 2. The molecule has 0 saturated carbocycles. The van der Waals surface area contributed by atoms with Gasteiger partial charge in [0.25, 0.3) is 0 Å². The van der Waals surface area contributed by atoms with E-state index in [2.05, 4.69) is 55.7 Å². The van der Waals surface area contributed by atoms with Gasteiger partial charge in [-0.25, -0.2) is 0 Å². The number of rotatable bonds is 7. The van der Waals surface area contributed by atoms with E-state index in [1.807, 2.05) is 18.2 Å². The molecular formula is C20H26N2O. The van der Waals surface area contributed by atoms with Gasteiger partial charge in [-0.3, -0.25) is 4.79 Å². The summed E-state index contributed by atoms with van der Waals surface area (Å²) >= 11 is 0. The molecule has 0 aliphatic rings. The van der Waals surface area contributed by atoms with Gasteiger partial charge in [-0.2, -0.15) is 0 Å². The lowest BCUT2D eigenvalue weighted by atomic mass is 10.1. The molecule has 0 spiro atoms. The average Bonchev–Trinajstić information content (AvgIpc) is 2.56. The normalized spacial score (nSPS) is 10.4. The molecule has 0 radical (unpaired) electrons. The Labute approximate surface area is 139 Å². The molecule has 2 N–H and O–H groups in total. The third-order valence-corrected chi connectivity index (χ3v) is 4.07. The van der Waals surface area contributed by atoms with Gasteiger partial charge < -0.3 is 10.6 Å². The molecule has 3 heteroatoms. The van der Waals surface area contributed by atoms with Crippen molar-refractivity contribution in [1.82, 2.24) is 0 Å². The quantitative estimate of drug-likeness (QED) is 0.787. The lowest BCUT2D eigenvalue weighted by Gasteiger charge is -2.14. The zero-order valence-electron chi connectivity index (χ0n) is 14.3. The van der Waals surface area contributed by atoms with Crippen LogP contribution in [0, 0.1) is 6.92 Å². The van der Waals surface area contributed by atoms with Gasteiger partial charge in [0, 0.05) is 24.3 Å². The molecule has 0 saturated heterocycles. The predicted octanol–water partition coefficient (Wildman–Crippen LogP) is 4.56. The fourth-order valence-corrected chi connectivity index (χ4v) is 2.74. The maximum atomic E-state index is 12.2. The van der Waals surface area contributed by atoms with Crippen molar-refractivity contribution in [1.29, 1.82) is 0 Å². The minimum Gasteiger partial charge on any atom is -0.384 e. The third-order valence-electron chi connectivity index (χ3n) is 4.07. The van der Waals surface area contributed by atoms with Crippen molar-refractivity contribution < 1.29 is 4.79 Å². The molecule has 0 aliphatic carbocycles.